The molecular weight excluding hydrogens is 210 g/mol. The maximum Gasteiger partial charge on any atom is 0.137 e. The number of hydrogen-bond acceptors (Lipinski definition) is 2. The van der Waals surface area contributed by atoms with Crippen LogP contribution < -0.4 is 10.1 Å². The van der Waals surface area contributed by atoms with Crippen molar-refractivity contribution in [3.8, 4) is 5.75 Å². The molecule has 1 rings (SSSR count). The fourth-order valence-corrected chi connectivity index (χ4v) is 1.38. The first-order valence-electron chi connectivity index (χ1n) is 5.28. The van der Waals surface area contributed by atoms with Crippen molar-refractivity contribution in [2.24, 2.45) is 5.92 Å². The molecule has 0 atom stereocenters. The zero-order valence-electron chi connectivity index (χ0n) is 9.29. The summed E-state index contributed by atoms with van der Waals surface area (Å²) < 4.78 is 5.52. The van der Waals surface area contributed by atoms with Gasteiger partial charge >= 0.3 is 0 Å². The molecule has 1 aromatic carbocycles. The molecule has 0 aliphatic rings. The molecule has 0 heterocycles. The zero-order valence-corrected chi connectivity index (χ0v) is 10.1. The maximum absolute atomic E-state index is 5.94. The third kappa shape index (κ3) is 5.05. The monoisotopic (exact) mass is 227 g/mol. The number of ether oxygens (including phenoxy) is 1. The van der Waals surface area contributed by atoms with E-state index in [2.05, 4.69) is 19.2 Å². The lowest BCUT2D eigenvalue weighted by molar-refractivity contribution is 0.311. The fraction of sp³-hybridized carbons (Fsp3) is 0.500. The molecule has 0 radical (unpaired) electrons. The standard InChI is InChI=1S/C12H18ClNO/c1-10(2)9-14-7-8-15-12-6-4-3-5-11(12)13/h3-6,10,14H,7-9H2,1-2H3. The van der Waals surface area contributed by atoms with Crippen molar-refractivity contribution in [3.05, 3.63) is 29.3 Å². The zero-order chi connectivity index (χ0) is 11.1. The molecular formula is C12H18ClNO. The van der Waals surface area contributed by atoms with E-state index in [4.69, 9.17) is 16.3 Å². The quantitative estimate of drug-likeness (QED) is 0.755. The summed E-state index contributed by atoms with van der Waals surface area (Å²) >= 11 is 5.94. The molecule has 15 heavy (non-hydrogen) atoms. The lowest BCUT2D eigenvalue weighted by Gasteiger charge is -2.09. The average Bonchev–Trinajstić information content (AvgIpc) is 2.20. The van der Waals surface area contributed by atoms with Gasteiger partial charge in [0.25, 0.3) is 0 Å². The van der Waals surface area contributed by atoms with Crippen LogP contribution in [0, 0.1) is 5.92 Å². The third-order valence-electron chi connectivity index (χ3n) is 1.93. The number of rotatable bonds is 6. The molecule has 0 aliphatic heterocycles. The highest BCUT2D eigenvalue weighted by molar-refractivity contribution is 6.32. The van der Waals surface area contributed by atoms with E-state index in [-0.39, 0.29) is 0 Å². The molecule has 84 valence electrons. The minimum absolute atomic E-state index is 0.649. The molecule has 0 saturated heterocycles. The smallest absolute Gasteiger partial charge is 0.137 e. The van der Waals surface area contributed by atoms with Gasteiger partial charge in [-0.1, -0.05) is 37.6 Å². The number of hydrogen-bond donors (Lipinski definition) is 1. The predicted molar refractivity (Wildman–Crippen MR) is 64.7 cm³/mol. The molecule has 0 fully saturated rings. The summed E-state index contributed by atoms with van der Waals surface area (Å²) in [7, 11) is 0. The molecule has 1 N–H and O–H groups in total. The van der Waals surface area contributed by atoms with Crippen molar-refractivity contribution in [2.75, 3.05) is 19.7 Å². The summed E-state index contributed by atoms with van der Waals surface area (Å²) in [6.45, 7) is 6.88. The van der Waals surface area contributed by atoms with E-state index in [0.29, 0.717) is 17.5 Å². The molecule has 0 aliphatic carbocycles. The van der Waals surface area contributed by atoms with Crippen LogP contribution in [0.1, 0.15) is 13.8 Å². The molecule has 0 saturated carbocycles. The Balaban J connectivity index is 2.18. The van der Waals surface area contributed by atoms with E-state index < -0.39 is 0 Å². The van der Waals surface area contributed by atoms with E-state index >= 15 is 0 Å². The second kappa shape index (κ2) is 6.70. The number of halogens is 1. The second-order valence-corrected chi connectivity index (χ2v) is 4.28. The van der Waals surface area contributed by atoms with E-state index in [1.807, 2.05) is 24.3 Å². The highest BCUT2D eigenvalue weighted by Crippen LogP contribution is 2.22. The summed E-state index contributed by atoms with van der Waals surface area (Å²) in [5.41, 5.74) is 0. The normalized spacial score (nSPS) is 10.7. The van der Waals surface area contributed by atoms with Crippen LogP contribution in [0.4, 0.5) is 0 Å². The SMILES string of the molecule is CC(C)CNCCOc1ccccc1Cl. The summed E-state index contributed by atoms with van der Waals surface area (Å²) in [5.74, 6) is 1.43. The van der Waals surface area contributed by atoms with Gasteiger partial charge in [-0.2, -0.15) is 0 Å². The van der Waals surface area contributed by atoms with Gasteiger partial charge in [0.15, 0.2) is 0 Å². The van der Waals surface area contributed by atoms with Crippen LogP contribution in [0.2, 0.25) is 5.02 Å². The highest BCUT2D eigenvalue weighted by atomic mass is 35.5. The first-order valence-corrected chi connectivity index (χ1v) is 5.66. The highest BCUT2D eigenvalue weighted by Gasteiger charge is 1.98. The molecule has 0 unspecified atom stereocenters. The van der Waals surface area contributed by atoms with Crippen LogP contribution in [-0.4, -0.2) is 19.7 Å². The molecule has 0 aromatic heterocycles. The molecule has 2 nitrogen and oxygen atoms in total. The van der Waals surface area contributed by atoms with Crippen molar-refractivity contribution in [1.82, 2.24) is 5.32 Å². The minimum Gasteiger partial charge on any atom is -0.491 e. The Kier molecular flexibility index (Phi) is 5.51. The Morgan fingerprint density at radius 3 is 2.73 bits per heavy atom. The van der Waals surface area contributed by atoms with Crippen LogP contribution >= 0.6 is 11.6 Å². The minimum atomic E-state index is 0.649. The van der Waals surface area contributed by atoms with Crippen LogP contribution in [-0.2, 0) is 0 Å². The Morgan fingerprint density at radius 1 is 1.33 bits per heavy atom. The second-order valence-electron chi connectivity index (χ2n) is 3.88. The topological polar surface area (TPSA) is 21.3 Å². The Hall–Kier alpha value is -0.730. The largest absolute Gasteiger partial charge is 0.491 e. The Morgan fingerprint density at radius 2 is 2.07 bits per heavy atom. The van der Waals surface area contributed by atoms with E-state index in [1.54, 1.807) is 0 Å². The van der Waals surface area contributed by atoms with Gasteiger partial charge in [-0.15, -0.1) is 0 Å². The van der Waals surface area contributed by atoms with E-state index in [9.17, 15) is 0 Å². The molecule has 0 bridgehead atoms. The first-order chi connectivity index (χ1) is 7.20. The van der Waals surface area contributed by atoms with Crippen LogP contribution in [0.3, 0.4) is 0 Å². The van der Waals surface area contributed by atoms with E-state index in [1.165, 1.54) is 0 Å². The molecule has 1 aromatic rings. The van der Waals surface area contributed by atoms with Gasteiger partial charge in [0.2, 0.25) is 0 Å². The van der Waals surface area contributed by atoms with Gasteiger partial charge in [0.1, 0.15) is 12.4 Å². The summed E-state index contributed by atoms with van der Waals surface area (Å²) in [6, 6.07) is 7.53. The lowest BCUT2D eigenvalue weighted by atomic mass is 10.2. The molecule has 0 spiro atoms. The van der Waals surface area contributed by atoms with Gasteiger partial charge in [-0.25, -0.2) is 0 Å². The first kappa shape index (κ1) is 12.3. The van der Waals surface area contributed by atoms with Gasteiger partial charge in [0.05, 0.1) is 5.02 Å². The van der Waals surface area contributed by atoms with Crippen molar-refractivity contribution in [1.29, 1.82) is 0 Å². The predicted octanol–water partition coefficient (Wildman–Crippen LogP) is 2.96. The van der Waals surface area contributed by atoms with Crippen LogP contribution in [0.15, 0.2) is 24.3 Å². The van der Waals surface area contributed by atoms with Crippen LogP contribution in [0.5, 0.6) is 5.75 Å². The van der Waals surface area contributed by atoms with Crippen molar-refractivity contribution in [3.63, 3.8) is 0 Å². The van der Waals surface area contributed by atoms with Crippen molar-refractivity contribution < 1.29 is 4.74 Å². The van der Waals surface area contributed by atoms with E-state index in [0.717, 1.165) is 18.8 Å². The number of nitrogens with one attached hydrogen (secondary N) is 1. The third-order valence-corrected chi connectivity index (χ3v) is 2.24. The summed E-state index contributed by atoms with van der Waals surface area (Å²) in [5, 5.41) is 3.97. The number of benzene rings is 1. The Labute approximate surface area is 96.6 Å². The maximum atomic E-state index is 5.94. The number of para-hydroxylation sites is 1. The van der Waals surface area contributed by atoms with Crippen molar-refractivity contribution in [2.45, 2.75) is 13.8 Å². The Bertz CT molecular complexity index is 289. The van der Waals surface area contributed by atoms with Gasteiger partial charge in [-0.05, 0) is 24.6 Å². The summed E-state index contributed by atoms with van der Waals surface area (Å²) in [6.07, 6.45) is 0. The molecule has 3 heteroatoms. The van der Waals surface area contributed by atoms with Crippen molar-refractivity contribution >= 4 is 11.6 Å². The van der Waals surface area contributed by atoms with Gasteiger partial charge in [0, 0.05) is 6.54 Å². The van der Waals surface area contributed by atoms with Gasteiger partial charge < -0.3 is 10.1 Å². The average molecular weight is 228 g/mol. The van der Waals surface area contributed by atoms with Crippen LogP contribution in [0.25, 0.3) is 0 Å². The lowest BCUT2D eigenvalue weighted by Crippen LogP contribution is -2.24. The van der Waals surface area contributed by atoms with Gasteiger partial charge in [-0.3, -0.25) is 0 Å². The molecule has 0 amide bonds. The summed E-state index contributed by atoms with van der Waals surface area (Å²) in [4.78, 5) is 0. The fourth-order valence-electron chi connectivity index (χ4n) is 1.19.